The summed E-state index contributed by atoms with van der Waals surface area (Å²) < 4.78 is 1.75. The van der Waals surface area contributed by atoms with Gasteiger partial charge in [-0.05, 0) is 18.8 Å². The number of nitrogen functional groups attached to an aromatic ring is 1. The highest BCUT2D eigenvalue weighted by molar-refractivity contribution is 7.15. The van der Waals surface area contributed by atoms with Gasteiger partial charge in [-0.25, -0.2) is 9.97 Å². The molecule has 1 fully saturated rings. The van der Waals surface area contributed by atoms with Crippen LogP contribution in [-0.2, 0) is 6.42 Å². The van der Waals surface area contributed by atoms with E-state index in [1.807, 2.05) is 18.5 Å². The predicted molar refractivity (Wildman–Crippen MR) is 103 cm³/mol. The lowest BCUT2D eigenvalue weighted by Crippen LogP contribution is -2.10. The fourth-order valence-electron chi connectivity index (χ4n) is 3.67. The number of hydrogen-bond acceptors (Lipinski definition) is 5. The van der Waals surface area contributed by atoms with Gasteiger partial charge in [0.2, 0.25) is 0 Å². The minimum atomic E-state index is 0.529. The largest absolute Gasteiger partial charge is 0.384 e. The summed E-state index contributed by atoms with van der Waals surface area (Å²) in [4.78, 5) is 10.7. The Hall–Kier alpha value is -1.95. The van der Waals surface area contributed by atoms with Crippen LogP contribution in [0.4, 0.5) is 5.82 Å². The summed E-state index contributed by atoms with van der Waals surface area (Å²) in [5, 5.41) is 5.63. The molecule has 0 unspecified atom stereocenters. The Kier molecular flexibility index (Phi) is 4.46. The van der Waals surface area contributed by atoms with Gasteiger partial charge in [-0.1, -0.05) is 33.1 Å². The summed E-state index contributed by atoms with van der Waals surface area (Å²) >= 11 is 1.74. The van der Waals surface area contributed by atoms with Crippen molar-refractivity contribution in [2.24, 2.45) is 5.92 Å². The van der Waals surface area contributed by atoms with Crippen molar-refractivity contribution in [2.75, 3.05) is 5.73 Å². The first-order valence-electron chi connectivity index (χ1n) is 9.21. The molecule has 5 nitrogen and oxygen atoms in total. The summed E-state index contributed by atoms with van der Waals surface area (Å²) in [7, 11) is 0. The highest BCUT2D eigenvalue weighted by atomic mass is 32.1. The minimum Gasteiger partial charge on any atom is -0.384 e. The molecular weight excluding hydrogens is 330 g/mol. The molecule has 0 aromatic carbocycles. The number of rotatable bonds is 4. The molecule has 1 aliphatic carbocycles. The Morgan fingerprint density at radius 3 is 2.80 bits per heavy atom. The Morgan fingerprint density at radius 1 is 1.24 bits per heavy atom. The van der Waals surface area contributed by atoms with E-state index >= 15 is 0 Å². The molecular formula is C19H25N5S. The van der Waals surface area contributed by atoms with Crippen molar-refractivity contribution < 1.29 is 0 Å². The second-order valence-electron chi connectivity index (χ2n) is 7.45. The molecule has 132 valence electrons. The van der Waals surface area contributed by atoms with Crippen LogP contribution in [-0.4, -0.2) is 19.6 Å². The molecule has 2 N–H and O–H groups in total. The number of nitrogens with two attached hydrogens (primary N) is 1. The standard InChI is InChI=1S/C19H25N5S/c1-12(2)8-18-21-11-16(25-18)14-10-22-24-17(20)9-15(23-19(14)24)13-6-4-3-5-7-13/h9-13H,3-8,20H2,1-2H3. The van der Waals surface area contributed by atoms with Crippen LogP contribution >= 0.6 is 11.3 Å². The SMILES string of the molecule is CC(C)Cc1ncc(-c2cnn3c(N)cc(C4CCCCC4)nc23)s1. The lowest BCUT2D eigenvalue weighted by Gasteiger charge is -2.21. The van der Waals surface area contributed by atoms with Crippen LogP contribution in [0, 0.1) is 5.92 Å². The zero-order valence-electron chi connectivity index (χ0n) is 14.9. The van der Waals surface area contributed by atoms with Gasteiger partial charge in [0.25, 0.3) is 0 Å². The highest BCUT2D eigenvalue weighted by Gasteiger charge is 2.20. The van der Waals surface area contributed by atoms with E-state index in [-0.39, 0.29) is 0 Å². The lowest BCUT2D eigenvalue weighted by molar-refractivity contribution is 0.437. The fourth-order valence-corrected chi connectivity index (χ4v) is 4.80. The molecule has 0 radical (unpaired) electrons. The molecule has 1 saturated carbocycles. The minimum absolute atomic E-state index is 0.529. The molecule has 3 aromatic heterocycles. The van der Waals surface area contributed by atoms with E-state index < -0.39 is 0 Å². The van der Waals surface area contributed by atoms with Crippen molar-refractivity contribution in [1.29, 1.82) is 0 Å². The molecule has 25 heavy (non-hydrogen) atoms. The second kappa shape index (κ2) is 6.75. The summed E-state index contributed by atoms with van der Waals surface area (Å²) in [5.74, 6) is 1.81. The molecule has 0 aliphatic heterocycles. The van der Waals surface area contributed by atoms with Crippen LogP contribution in [0.15, 0.2) is 18.5 Å². The predicted octanol–water partition coefficient (Wildman–Crippen LogP) is 4.68. The van der Waals surface area contributed by atoms with Gasteiger partial charge in [-0.3, -0.25) is 0 Å². The topological polar surface area (TPSA) is 69.1 Å². The lowest BCUT2D eigenvalue weighted by atomic mass is 9.87. The Balaban J connectivity index is 1.74. The zero-order chi connectivity index (χ0) is 17.4. The van der Waals surface area contributed by atoms with Gasteiger partial charge in [0, 0.05) is 30.3 Å². The van der Waals surface area contributed by atoms with Gasteiger partial charge >= 0.3 is 0 Å². The molecule has 0 saturated heterocycles. The molecule has 3 aromatic rings. The smallest absolute Gasteiger partial charge is 0.166 e. The summed E-state index contributed by atoms with van der Waals surface area (Å²) in [5.41, 5.74) is 9.30. The maximum Gasteiger partial charge on any atom is 0.166 e. The van der Waals surface area contributed by atoms with E-state index in [0.717, 1.165) is 28.2 Å². The van der Waals surface area contributed by atoms with Crippen LogP contribution in [0.2, 0.25) is 0 Å². The summed E-state index contributed by atoms with van der Waals surface area (Å²) in [6.45, 7) is 4.43. The molecule has 6 heteroatoms. The molecule has 1 aliphatic rings. The van der Waals surface area contributed by atoms with Crippen LogP contribution in [0.25, 0.3) is 16.1 Å². The van der Waals surface area contributed by atoms with E-state index in [4.69, 9.17) is 10.7 Å². The third kappa shape index (κ3) is 3.27. The van der Waals surface area contributed by atoms with E-state index in [1.165, 1.54) is 37.1 Å². The molecule has 3 heterocycles. The Labute approximate surface area is 152 Å². The molecule has 0 bridgehead atoms. The first kappa shape index (κ1) is 16.5. The fraction of sp³-hybridized carbons (Fsp3) is 0.526. The molecule has 4 rings (SSSR count). The van der Waals surface area contributed by atoms with E-state index in [1.54, 1.807) is 15.9 Å². The molecule has 0 amide bonds. The van der Waals surface area contributed by atoms with Crippen molar-refractivity contribution in [3.05, 3.63) is 29.2 Å². The van der Waals surface area contributed by atoms with Crippen LogP contribution in [0.1, 0.15) is 62.6 Å². The van der Waals surface area contributed by atoms with Gasteiger partial charge in [-0.15, -0.1) is 11.3 Å². The number of thiazole rings is 1. The van der Waals surface area contributed by atoms with Crippen LogP contribution in [0.3, 0.4) is 0 Å². The highest BCUT2D eigenvalue weighted by Crippen LogP contribution is 2.35. The van der Waals surface area contributed by atoms with Crippen LogP contribution < -0.4 is 5.73 Å². The average Bonchev–Trinajstić information content (AvgIpc) is 3.22. The van der Waals surface area contributed by atoms with Crippen molar-refractivity contribution >= 4 is 22.8 Å². The average molecular weight is 356 g/mol. The van der Waals surface area contributed by atoms with Crippen LogP contribution in [0.5, 0.6) is 0 Å². The number of anilines is 1. The third-order valence-corrected chi connectivity index (χ3v) is 6.00. The monoisotopic (exact) mass is 355 g/mol. The van der Waals surface area contributed by atoms with Gasteiger partial charge in [0.05, 0.1) is 21.6 Å². The van der Waals surface area contributed by atoms with Gasteiger partial charge in [0.1, 0.15) is 5.82 Å². The van der Waals surface area contributed by atoms with E-state index in [2.05, 4.69) is 23.9 Å². The van der Waals surface area contributed by atoms with Crippen molar-refractivity contribution in [3.8, 4) is 10.4 Å². The summed E-state index contributed by atoms with van der Waals surface area (Å²) in [6, 6.07) is 2.01. The van der Waals surface area contributed by atoms with Crippen molar-refractivity contribution in [3.63, 3.8) is 0 Å². The maximum absolute atomic E-state index is 6.27. The number of fused-ring (bicyclic) bond motifs is 1. The first-order chi connectivity index (χ1) is 12.1. The normalized spacial score (nSPS) is 16.1. The number of aromatic nitrogens is 4. The van der Waals surface area contributed by atoms with Gasteiger partial charge in [-0.2, -0.15) is 9.61 Å². The molecule has 0 spiro atoms. The number of hydrogen-bond donors (Lipinski definition) is 1. The van der Waals surface area contributed by atoms with Crippen molar-refractivity contribution in [2.45, 2.75) is 58.3 Å². The zero-order valence-corrected chi connectivity index (χ0v) is 15.7. The number of nitrogens with zero attached hydrogens (tertiary/aromatic N) is 4. The Bertz CT molecular complexity index is 873. The third-order valence-electron chi connectivity index (χ3n) is 4.94. The second-order valence-corrected chi connectivity index (χ2v) is 8.57. The van der Waals surface area contributed by atoms with Crippen molar-refractivity contribution in [1.82, 2.24) is 19.6 Å². The summed E-state index contributed by atoms with van der Waals surface area (Å²) in [6.07, 6.45) is 11.2. The van der Waals surface area contributed by atoms with E-state index in [0.29, 0.717) is 17.7 Å². The quantitative estimate of drug-likeness (QED) is 0.737. The van der Waals surface area contributed by atoms with Gasteiger partial charge in [0.15, 0.2) is 5.65 Å². The first-order valence-corrected chi connectivity index (χ1v) is 10.0. The Morgan fingerprint density at radius 2 is 2.04 bits per heavy atom. The van der Waals surface area contributed by atoms with Gasteiger partial charge < -0.3 is 5.73 Å². The van der Waals surface area contributed by atoms with E-state index in [9.17, 15) is 0 Å². The molecule has 0 atom stereocenters. The maximum atomic E-state index is 6.27.